The molecule has 0 bridgehead atoms. The number of carbonyl (C=O) groups excluding carboxylic acids is 2. The van der Waals surface area contributed by atoms with Crippen molar-refractivity contribution < 1.29 is 19.1 Å². The number of amides is 3. The SMILES string of the molecule is CC1CC(=O)NC(n2nc(-c3ccccc3)cc2NC(=O)Nc2ccc3c(c2)OCO3)N1. The normalized spacial score (nSPS) is 19.3. The van der Waals surface area contributed by atoms with E-state index in [0.717, 1.165) is 5.56 Å². The fourth-order valence-electron chi connectivity index (χ4n) is 3.68. The number of benzene rings is 2. The van der Waals surface area contributed by atoms with Gasteiger partial charge in [0.2, 0.25) is 12.7 Å². The number of hydrogen-bond donors (Lipinski definition) is 4. The van der Waals surface area contributed by atoms with E-state index in [9.17, 15) is 9.59 Å². The monoisotopic (exact) mass is 434 g/mol. The van der Waals surface area contributed by atoms with E-state index in [4.69, 9.17) is 9.47 Å². The first-order valence-electron chi connectivity index (χ1n) is 10.2. The summed E-state index contributed by atoms with van der Waals surface area (Å²) in [6.45, 7) is 2.08. The number of urea groups is 1. The van der Waals surface area contributed by atoms with E-state index in [-0.39, 0.29) is 18.7 Å². The van der Waals surface area contributed by atoms with E-state index in [2.05, 4.69) is 26.4 Å². The molecule has 1 aromatic heterocycles. The quantitative estimate of drug-likeness (QED) is 0.502. The van der Waals surface area contributed by atoms with Gasteiger partial charge in [0.25, 0.3) is 0 Å². The summed E-state index contributed by atoms with van der Waals surface area (Å²) >= 11 is 0. The predicted molar refractivity (Wildman–Crippen MR) is 117 cm³/mol. The Morgan fingerprint density at radius 2 is 1.91 bits per heavy atom. The minimum Gasteiger partial charge on any atom is -0.454 e. The Hall–Kier alpha value is -4.05. The lowest BCUT2D eigenvalue weighted by atomic mass is 10.2. The third-order valence-corrected chi connectivity index (χ3v) is 5.15. The first-order chi connectivity index (χ1) is 15.5. The number of anilines is 2. The molecule has 10 nitrogen and oxygen atoms in total. The van der Waals surface area contributed by atoms with Crippen molar-refractivity contribution in [2.45, 2.75) is 25.7 Å². The summed E-state index contributed by atoms with van der Waals surface area (Å²) in [5.41, 5.74) is 2.11. The third-order valence-electron chi connectivity index (χ3n) is 5.15. The Morgan fingerprint density at radius 1 is 1.09 bits per heavy atom. The topological polar surface area (TPSA) is 119 Å². The molecule has 2 aliphatic heterocycles. The molecule has 3 amide bonds. The Morgan fingerprint density at radius 3 is 2.72 bits per heavy atom. The van der Waals surface area contributed by atoms with Crippen LogP contribution in [0.4, 0.5) is 16.3 Å². The van der Waals surface area contributed by atoms with Gasteiger partial charge < -0.3 is 20.1 Å². The molecule has 32 heavy (non-hydrogen) atoms. The number of aromatic nitrogens is 2. The molecule has 1 fully saturated rings. The highest BCUT2D eigenvalue weighted by molar-refractivity contribution is 5.99. The summed E-state index contributed by atoms with van der Waals surface area (Å²) in [4.78, 5) is 24.8. The van der Waals surface area contributed by atoms with Gasteiger partial charge in [-0.25, -0.2) is 9.48 Å². The van der Waals surface area contributed by atoms with Crippen molar-refractivity contribution in [3.8, 4) is 22.8 Å². The van der Waals surface area contributed by atoms with E-state index in [0.29, 0.717) is 35.1 Å². The Balaban J connectivity index is 1.40. The summed E-state index contributed by atoms with van der Waals surface area (Å²) in [7, 11) is 0. The van der Waals surface area contributed by atoms with Crippen molar-refractivity contribution >= 4 is 23.4 Å². The number of hydrogen-bond acceptors (Lipinski definition) is 6. The molecule has 0 spiro atoms. The third kappa shape index (κ3) is 4.08. The lowest BCUT2D eigenvalue weighted by molar-refractivity contribution is -0.125. The molecular formula is C22H22N6O4. The van der Waals surface area contributed by atoms with Crippen molar-refractivity contribution in [1.82, 2.24) is 20.4 Å². The van der Waals surface area contributed by atoms with Gasteiger partial charge in [-0.2, -0.15) is 5.10 Å². The molecule has 5 rings (SSSR count). The number of carbonyl (C=O) groups is 2. The molecule has 10 heteroatoms. The fourth-order valence-corrected chi connectivity index (χ4v) is 3.68. The molecule has 3 heterocycles. The molecule has 1 saturated heterocycles. The van der Waals surface area contributed by atoms with Crippen LogP contribution in [0.2, 0.25) is 0 Å². The Bertz CT molecular complexity index is 1160. The molecule has 2 unspecified atom stereocenters. The van der Waals surface area contributed by atoms with E-state index in [1.54, 1.807) is 28.9 Å². The maximum Gasteiger partial charge on any atom is 0.324 e. The van der Waals surface area contributed by atoms with Gasteiger partial charge in [-0.1, -0.05) is 30.3 Å². The maximum absolute atomic E-state index is 12.7. The van der Waals surface area contributed by atoms with Crippen LogP contribution in [0.25, 0.3) is 11.3 Å². The van der Waals surface area contributed by atoms with Crippen LogP contribution < -0.4 is 30.7 Å². The molecule has 4 N–H and O–H groups in total. The van der Waals surface area contributed by atoms with Crippen molar-refractivity contribution in [3.05, 3.63) is 54.6 Å². The van der Waals surface area contributed by atoms with Crippen molar-refractivity contribution in [1.29, 1.82) is 0 Å². The minimum atomic E-state index is -0.593. The van der Waals surface area contributed by atoms with E-state index < -0.39 is 12.3 Å². The average Bonchev–Trinajstić information content (AvgIpc) is 3.40. The van der Waals surface area contributed by atoms with Crippen molar-refractivity contribution in [2.75, 3.05) is 17.4 Å². The highest BCUT2D eigenvalue weighted by Crippen LogP contribution is 2.34. The molecule has 0 saturated carbocycles. The van der Waals surface area contributed by atoms with E-state index in [1.807, 2.05) is 37.3 Å². The van der Waals surface area contributed by atoms with E-state index in [1.165, 1.54) is 0 Å². The van der Waals surface area contributed by atoms with Crippen LogP contribution in [0.3, 0.4) is 0 Å². The number of ether oxygens (including phenoxy) is 2. The first kappa shape index (κ1) is 19.9. The second kappa shape index (κ2) is 8.23. The number of nitrogens with one attached hydrogen (secondary N) is 4. The molecule has 3 aromatic rings. The van der Waals surface area contributed by atoms with Crippen LogP contribution in [0.5, 0.6) is 11.5 Å². The van der Waals surface area contributed by atoms with Crippen LogP contribution in [0.1, 0.15) is 19.6 Å². The molecule has 0 radical (unpaired) electrons. The van der Waals surface area contributed by atoms with Gasteiger partial charge in [0.15, 0.2) is 17.8 Å². The van der Waals surface area contributed by atoms with Crippen LogP contribution in [-0.2, 0) is 4.79 Å². The van der Waals surface area contributed by atoms with Gasteiger partial charge >= 0.3 is 6.03 Å². The standard InChI is InChI=1S/C22H22N6O4/c1-13-9-20(29)26-21(23-13)28-19(11-16(27-28)14-5-3-2-4-6-14)25-22(30)24-15-7-8-17-18(10-15)32-12-31-17/h2-8,10-11,13,21,23H,9,12H2,1H3,(H,26,29)(H2,24,25,30). The van der Waals surface area contributed by atoms with Crippen molar-refractivity contribution in [2.24, 2.45) is 0 Å². The first-order valence-corrected chi connectivity index (χ1v) is 10.2. The van der Waals surface area contributed by atoms with Crippen LogP contribution in [0.15, 0.2) is 54.6 Å². The molecule has 2 aliphatic rings. The number of rotatable bonds is 4. The molecule has 0 aliphatic carbocycles. The summed E-state index contributed by atoms with van der Waals surface area (Å²) in [5, 5.41) is 16.4. The lowest BCUT2D eigenvalue weighted by Crippen LogP contribution is -2.52. The molecule has 2 aromatic carbocycles. The second-order valence-electron chi connectivity index (χ2n) is 7.61. The highest BCUT2D eigenvalue weighted by Gasteiger charge is 2.27. The van der Waals surface area contributed by atoms with Gasteiger partial charge in [-0.3, -0.25) is 15.4 Å². The summed E-state index contributed by atoms with van der Waals surface area (Å²) in [6, 6.07) is 16.0. The fraction of sp³-hybridized carbons (Fsp3) is 0.227. The second-order valence-corrected chi connectivity index (χ2v) is 7.61. The minimum absolute atomic E-state index is 0.0339. The van der Waals surface area contributed by atoms with Gasteiger partial charge in [-0.15, -0.1) is 0 Å². The molecular weight excluding hydrogens is 412 g/mol. The number of nitrogens with zero attached hydrogens (tertiary/aromatic N) is 2. The van der Waals surface area contributed by atoms with Crippen LogP contribution in [0, 0.1) is 0 Å². The Kier molecular flexibility index (Phi) is 5.12. The van der Waals surface area contributed by atoms with Gasteiger partial charge in [0.1, 0.15) is 5.82 Å². The zero-order valence-electron chi connectivity index (χ0n) is 17.3. The molecule has 2 atom stereocenters. The zero-order valence-corrected chi connectivity index (χ0v) is 17.3. The zero-order chi connectivity index (χ0) is 22.1. The van der Waals surface area contributed by atoms with E-state index >= 15 is 0 Å². The van der Waals surface area contributed by atoms with Gasteiger partial charge in [-0.05, 0) is 19.1 Å². The Labute approximate surface area is 183 Å². The smallest absolute Gasteiger partial charge is 0.324 e. The molecule has 164 valence electrons. The predicted octanol–water partition coefficient (Wildman–Crippen LogP) is 2.88. The summed E-state index contributed by atoms with van der Waals surface area (Å²) in [6.07, 6.45) is -0.221. The van der Waals surface area contributed by atoms with Gasteiger partial charge in [0, 0.05) is 35.8 Å². The maximum atomic E-state index is 12.7. The average molecular weight is 434 g/mol. The lowest BCUT2D eigenvalue weighted by Gasteiger charge is -2.30. The van der Waals surface area contributed by atoms with Crippen molar-refractivity contribution in [3.63, 3.8) is 0 Å². The largest absolute Gasteiger partial charge is 0.454 e. The van der Waals surface area contributed by atoms with Crippen LogP contribution >= 0.6 is 0 Å². The summed E-state index contributed by atoms with van der Waals surface area (Å²) in [5.74, 6) is 1.54. The number of fused-ring (bicyclic) bond motifs is 1. The van der Waals surface area contributed by atoms with Gasteiger partial charge in [0.05, 0.1) is 5.69 Å². The van der Waals surface area contributed by atoms with Crippen LogP contribution in [-0.4, -0.2) is 34.6 Å². The summed E-state index contributed by atoms with van der Waals surface area (Å²) < 4.78 is 12.2. The highest BCUT2D eigenvalue weighted by atomic mass is 16.7.